The minimum atomic E-state index is -2.68. The van der Waals surface area contributed by atoms with Crippen LogP contribution in [0.1, 0.15) is 43.0 Å². The van der Waals surface area contributed by atoms with Gasteiger partial charge in [0.2, 0.25) is 11.8 Å². The van der Waals surface area contributed by atoms with Crippen molar-refractivity contribution in [2.75, 3.05) is 20.3 Å². The van der Waals surface area contributed by atoms with Crippen LogP contribution in [0, 0.1) is 11.8 Å². The largest absolute Gasteiger partial charge is 0.384 e. The molecule has 1 aliphatic heterocycles. The summed E-state index contributed by atoms with van der Waals surface area (Å²) in [5, 5.41) is 8.51. The molecule has 6 nitrogen and oxygen atoms in total. The molecule has 4 rings (SSSR count). The molecular weight excluding hydrogens is 318 g/mol. The monoisotopic (exact) mass is 340 g/mol. The fourth-order valence-corrected chi connectivity index (χ4v) is 3.79. The summed E-state index contributed by atoms with van der Waals surface area (Å²) in [7, 11) is 1.63. The summed E-state index contributed by atoms with van der Waals surface area (Å²) in [6.45, 7) is 2.18. The van der Waals surface area contributed by atoms with Gasteiger partial charge < -0.3 is 9.64 Å². The van der Waals surface area contributed by atoms with Gasteiger partial charge in [-0.2, -0.15) is 0 Å². The number of aromatic nitrogens is 3. The second-order valence-corrected chi connectivity index (χ2v) is 7.38. The van der Waals surface area contributed by atoms with Crippen molar-refractivity contribution in [3.05, 3.63) is 11.4 Å². The van der Waals surface area contributed by atoms with E-state index in [9.17, 15) is 13.6 Å². The second-order valence-electron chi connectivity index (χ2n) is 7.38. The van der Waals surface area contributed by atoms with Crippen molar-refractivity contribution in [3.63, 3.8) is 0 Å². The first kappa shape index (κ1) is 15.9. The van der Waals surface area contributed by atoms with Crippen LogP contribution >= 0.6 is 0 Å². The molecule has 0 aromatic carbocycles. The molecular formula is C16H22F2N4O2. The number of ether oxygens (including phenoxy) is 1. The van der Waals surface area contributed by atoms with E-state index in [4.69, 9.17) is 4.74 Å². The highest BCUT2D eigenvalue weighted by atomic mass is 19.3. The Hall–Kier alpha value is -1.57. The summed E-state index contributed by atoms with van der Waals surface area (Å²) in [5.41, 5.74) is 1.83. The van der Waals surface area contributed by atoms with Gasteiger partial charge in [0.05, 0.1) is 18.8 Å². The van der Waals surface area contributed by atoms with E-state index >= 15 is 0 Å². The Balaban J connectivity index is 1.51. The Morgan fingerprint density at radius 2 is 2.12 bits per heavy atom. The summed E-state index contributed by atoms with van der Waals surface area (Å²) in [4.78, 5) is 14.2. The zero-order chi connectivity index (χ0) is 16.9. The number of carbonyl (C=O) groups is 1. The normalized spacial score (nSPS) is 26.1. The summed E-state index contributed by atoms with van der Waals surface area (Å²) in [6, 6.07) is 0. The first-order chi connectivity index (χ1) is 11.5. The minimum absolute atomic E-state index is 0.00274. The lowest BCUT2D eigenvalue weighted by molar-refractivity contribution is -0.161. The van der Waals surface area contributed by atoms with E-state index in [-0.39, 0.29) is 24.7 Å². The third-order valence-electron chi connectivity index (χ3n) is 5.26. The number of hydrogen-bond acceptors (Lipinski definition) is 4. The first-order valence-electron chi connectivity index (χ1n) is 8.54. The van der Waals surface area contributed by atoms with Gasteiger partial charge >= 0.3 is 0 Å². The van der Waals surface area contributed by atoms with Crippen LogP contribution in [0.15, 0.2) is 0 Å². The van der Waals surface area contributed by atoms with Crippen LogP contribution in [0.2, 0.25) is 0 Å². The van der Waals surface area contributed by atoms with E-state index in [2.05, 4.69) is 10.3 Å². The number of nitrogens with zero attached hydrogens (tertiary/aromatic N) is 4. The number of methoxy groups -OCH3 is 1. The maximum atomic E-state index is 13.1. The highest BCUT2D eigenvalue weighted by Crippen LogP contribution is 2.44. The lowest BCUT2D eigenvalue weighted by Gasteiger charge is -2.39. The van der Waals surface area contributed by atoms with Crippen molar-refractivity contribution in [2.24, 2.45) is 11.8 Å². The molecule has 0 spiro atoms. The van der Waals surface area contributed by atoms with E-state index in [1.165, 1.54) is 12.8 Å². The quantitative estimate of drug-likeness (QED) is 0.820. The van der Waals surface area contributed by atoms with E-state index in [0.29, 0.717) is 25.6 Å². The molecule has 1 amide bonds. The SMILES string of the molecule is COCC1CN(C(=O)C2CC(F)(F)C2)Cc2nnn(CC3CC3)c21. The van der Waals surface area contributed by atoms with Crippen molar-refractivity contribution in [1.29, 1.82) is 0 Å². The highest BCUT2D eigenvalue weighted by molar-refractivity contribution is 5.80. The van der Waals surface area contributed by atoms with Gasteiger partial charge in [0.25, 0.3) is 0 Å². The number of hydrogen-bond donors (Lipinski definition) is 0. The zero-order valence-electron chi connectivity index (χ0n) is 13.8. The van der Waals surface area contributed by atoms with Crippen LogP contribution in [-0.2, 0) is 22.6 Å². The summed E-state index contributed by atoms with van der Waals surface area (Å²) >= 11 is 0. The van der Waals surface area contributed by atoms with Crippen molar-refractivity contribution < 1.29 is 18.3 Å². The Labute approximate surface area is 139 Å². The molecule has 0 N–H and O–H groups in total. The van der Waals surface area contributed by atoms with Crippen LogP contribution in [-0.4, -0.2) is 52.0 Å². The molecule has 0 bridgehead atoms. The molecule has 1 unspecified atom stereocenters. The topological polar surface area (TPSA) is 60.2 Å². The second kappa shape index (κ2) is 5.75. The smallest absolute Gasteiger partial charge is 0.249 e. The summed E-state index contributed by atoms with van der Waals surface area (Å²) < 4.78 is 33.4. The molecule has 2 saturated carbocycles. The molecule has 2 aliphatic carbocycles. The number of halogens is 2. The molecule has 2 fully saturated rings. The van der Waals surface area contributed by atoms with Crippen molar-refractivity contribution in [2.45, 2.75) is 50.6 Å². The molecule has 24 heavy (non-hydrogen) atoms. The number of amides is 1. The number of fused-ring (bicyclic) bond motifs is 1. The average Bonchev–Trinajstić information content (AvgIpc) is 3.23. The average molecular weight is 340 g/mol. The fraction of sp³-hybridized carbons (Fsp3) is 0.812. The van der Waals surface area contributed by atoms with E-state index in [1.807, 2.05) is 4.68 Å². The minimum Gasteiger partial charge on any atom is -0.384 e. The van der Waals surface area contributed by atoms with E-state index < -0.39 is 11.8 Å². The lowest BCUT2D eigenvalue weighted by atomic mass is 9.80. The first-order valence-corrected chi connectivity index (χ1v) is 8.54. The molecule has 132 valence electrons. The number of alkyl halides is 2. The maximum absolute atomic E-state index is 13.1. The number of rotatable bonds is 5. The molecule has 0 radical (unpaired) electrons. The molecule has 0 saturated heterocycles. The lowest BCUT2D eigenvalue weighted by Crippen LogP contribution is -2.49. The standard InChI is InChI=1S/C16H22F2N4O2/c1-24-9-12-7-21(15(23)11-4-16(17,18)5-11)8-13-14(12)22(20-19-13)6-10-2-3-10/h10-12H,2-9H2,1H3. The van der Waals surface area contributed by atoms with Crippen molar-refractivity contribution >= 4 is 5.91 Å². The van der Waals surface area contributed by atoms with Gasteiger partial charge in [-0.25, -0.2) is 13.5 Å². The zero-order valence-corrected chi connectivity index (χ0v) is 13.8. The van der Waals surface area contributed by atoms with Gasteiger partial charge in [-0.15, -0.1) is 5.10 Å². The van der Waals surface area contributed by atoms with Crippen LogP contribution in [0.4, 0.5) is 8.78 Å². The predicted molar refractivity (Wildman–Crippen MR) is 80.5 cm³/mol. The molecule has 1 aromatic heterocycles. The van der Waals surface area contributed by atoms with Crippen LogP contribution in [0.5, 0.6) is 0 Å². The number of carbonyl (C=O) groups excluding carboxylic acids is 1. The van der Waals surface area contributed by atoms with Gasteiger partial charge in [-0.3, -0.25) is 4.79 Å². The predicted octanol–water partition coefficient (Wildman–Crippen LogP) is 1.81. The van der Waals surface area contributed by atoms with Gasteiger partial charge in [0, 0.05) is 44.9 Å². The Bertz CT molecular complexity index is 636. The Morgan fingerprint density at radius 3 is 2.75 bits per heavy atom. The summed E-state index contributed by atoms with van der Waals surface area (Å²) in [5.74, 6) is -2.76. The molecule has 2 heterocycles. The van der Waals surface area contributed by atoms with Crippen LogP contribution in [0.25, 0.3) is 0 Å². The van der Waals surface area contributed by atoms with Crippen LogP contribution < -0.4 is 0 Å². The maximum Gasteiger partial charge on any atom is 0.249 e. The van der Waals surface area contributed by atoms with Gasteiger partial charge in [0.1, 0.15) is 5.69 Å². The summed E-state index contributed by atoms with van der Waals surface area (Å²) in [6.07, 6.45) is 1.78. The van der Waals surface area contributed by atoms with E-state index in [1.54, 1.807) is 12.0 Å². The highest BCUT2D eigenvalue weighted by Gasteiger charge is 2.50. The van der Waals surface area contributed by atoms with Gasteiger partial charge in [0.15, 0.2) is 0 Å². The van der Waals surface area contributed by atoms with Crippen LogP contribution in [0.3, 0.4) is 0 Å². The fourth-order valence-electron chi connectivity index (χ4n) is 3.79. The Kier molecular flexibility index (Phi) is 3.82. The molecule has 1 atom stereocenters. The van der Waals surface area contributed by atoms with E-state index in [0.717, 1.165) is 17.9 Å². The van der Waals surface area contributed by atoms with Gasteiger partial charge in [-0.1, -0.05) is 5.21 Å². The third kappa shape index (κ3) is 2.92. The molecule has 1 aromatic rings. The third-order valence-corrected chi connectivity index (χ3v) is 5.26. The molecule has 3 aliphatic rings. The van der Waals surface area contributed by atoms with Gasteiger partial charge in [-0.05, 0) is 18.8 Å². The Morgan fingerprint density at radius 1 is 1.38 bits per heavy atom. The van der Waals surface area contributed by atoms with Crippen molar-refractivity contribution in [1.82, 2.24) is 19.9 Å². The van der Waals surface area contributed by atoms with Crippen molar-refractivity contribution in [3.8, 4) is 0 Å². The molecule has 8 heteroatoms.